The quantitative estimate of drug-likeness (QED) is 0.747. The molecular formula is C13H19ClFIN2O. The Kier molecular flexibility index (Phi) is 8.52. The van der Waals surface area contributed by atoms with Gasteiger partial charge in [-0.1, -0.05) is 13.8 Å². The molecule has 108 valence electrons. The van der Waals surface area contributed by atoms with E-state index in [1.54, 1.807) is 12.1 Å². The molecule has 1 amide bonds. The first-order chi connectivity index (χ1) is 8.43. The smallest absolute Gasteiger partial charge is 0.251 e. The highest BCUT2D eigenvalue weighted by molar-refractivity contribution is 14.1. The zero-order valence-corrected chi connectivity index (χ0v) is 13.9. The molecule has 0 fully saturated rings. The normalized spacial score (nSPS) is 11.9. The third-order valence-corrected chi connectivity index (χ3v) is 3.43. The molecule has 0 aliphatic rings. The third-order valence-electron chi connectivity index (χ3n) is 2.56. The van der Waals surface area contributed by atoms with Crippen molar-refractivity contribution in [1.29, 1.82) is 0 Å². The van der Waals surface area contributed by atoms with E-state index in [1.165, 1.54) is 6.07 Å². The first-order valence-corrected chi connectivity index (χ1v) is 6.98. The molecule has 0 heterocycles. The largest absolute Gasteiger partial charge is 0.348 e. The number of nitrogens with two attached hydrogens (primary N) is 1. The highest BCUT2D eigenvalue weighted by atomic mass is 127. The molecule has 0 saturated carbocycles. The fourth-order valence-electron chi connectivity index (χ4n) is 1.69. The molecule has 1 rings (SSSR count). The second-order valence-corrected chi connectivity index (χ2v) is 5.83. The first kappa shape index (κ1) is 18.6. The van der Waals surface area contributed by atoms with E-state index < -0.39 is 0 Å². The van der Waals surface area contributed by atoms with Gasteiger partial charge in [-0.3, -0.25) is 4.79 Å². The molecule has 3 N–H and O–H groups in total. The Labute approximate surface area is 133 Å². The van der Waals surface area contributed by atoms with Crippen LogP contribution in [0.15, 0.2) is 18.2 Å². The molecule has 0 aliphatic heterocycles. The predicted molar refractivity (Wildman–Crippen MR) is 86.1 cm³/mol. The predicted octanol–water partition coefficient (Wildman–Crippen LogP) is 2.96. The maximum absolute atomic E-state index is 13.4. The molecule has 0 aliphatic carbocycles. The van der Waals surface area contributed by atoms with Crippen LogP contribution in [0.4, 0.5) is 4.39 Å². The number of carbonyl (C=O) groups excluding carboxylic acids is 1. The highest BCUT2D eigenvalue weighted by Crippen LogP contribution is 2.13. The van der Waals surface area contributed by atoms with E-state index in [-0.39, 0.29) is 30.2 Å². The number of carbonyl (C=O) groups is 1. The van der Waals surface area contributed by atoms with Crippen LogP contribution in [0.2, 0.25) is 0 Å². The summed E-state index contributed by atoms with van der Waals surface area (Å²) in [5, 5.41) is 2.83. The molecule has 6 heteroatoms. The van der Waals surface area contributed by atoms with E-state index in [0.29, 0.717) is 21.6 Å². The van der Waals surface area contributed by atoms with Crippen LogP contribution in [0.25, 0.3) is 0 Å². The summed E-state index contributed by atoms with van der Waals surface area (Å²) in [7, 11) is 0. The lowest BCUT2D eigenvalue weighted by Gasteiger charge is -2.18. The van der Waals surface area contributed by atoms with E-state index in [1.807, 2.05) is 22.6 Å². The van der Waals surface area contributed by atoms with Crippen molar-refractivity contribution in [2.24, 2.45) is 11.7 Å². The summed E-state index contributed by atoms with van der Waals surface area (Å²) in [6.07, 6.45) is 0.815. The van der Waals surface area contributed by atoms with Crippen LogP contribution in [-0.4, -0.2) is 18.5 Å². The zero-order chi connectivity index (χ0) is 13.7. The van der Waals surface area contributed by atoms with Crippen LogP contribution >= 0.6 is 35.0 Å². The van der Waals surface area contributed by atoms with Gasteiger partial charge in [-0.05, 0) is 53.1 Å². The topological polar surface area (TPSA) is 55.1 Å². The van der Waals surface area contributed by atoms with Crippen LogP contribution in [-0.2, 0) is 0 Å². The summed E-state index contributed by atoms with van der Waals surface area (Å²) in [4.78, 5) is 11.9. The van der Waals surface area contributed by atoms with Gasteiger partial charge in [0.25, 0.3) is 5.91 Å². The molecule has 3 nitrogen and oxygen atoms in total. The monoisotopic (exact) mass is 400 g/mol. The highest BCUT2D eigenvalue weighted by Gasteiger charge is 2.14. The minimum absolute atomic E-state index is 0. The standard InChI is InChI=1S/C13H18FIN2O.ClH/c1-8(2)5-10(7-16)17-13(18)9-3-4-12(15)11(14)6-9;/h3-4,6,8,10H,5,7,16H2,1-2H3,(H,17,18);1H. The number of nitrogens with one attached hydrogen (secondary N) is 1. The summed E-state index contributed by atoms with van der Waals surface area (Å²) in [5.41, 5.74) is 5.94. The fraction of sp³-hybridized carbons (Fsp3) is 0.462. The average Bonchev–Trinajstić information content (AvgIpc) is 2.31. The second kappa shape index (κ2) is 8.71. The minimum atomic E-state index is -0.378. The van der Waals surface area contributed by atoms with E-state index in [0.717, 1.165) is 6.42 Å². The van der Waals surface area contributed by atoms with Crippen LogP contribution in [0.3, 0.4) is 0 Å². The van der Waals surface area contributed by atoms with Gasteiger partial charge >= 0.3 is 0 Å². The molecule has 1 atom stereocenters. The Morgan fingerprint density at radius 2 is 2.11 bits per heavy atom. The van der Waals surface area contributed by atoms with Crippen molar-refractivity contribution in [3.8, 4) is 0 Å². The van der Waals surface area contributed by atoms with E-state index >= 15 is 0 Å². The number of benzene rings is 1. The van der Waals surface area contributed by atoms with E-state index in [2.05, 4.69) is 19.2 Å². The van der Waals surface area contributed by atoms with Crippen molar-refractivity contribution < 1.29 is 9.18 Å². The molecule has 0 radical (unpaired) electrons. The van der Waals surface area contributed by atoms with Crippen LogP contribution in [0.1, 0.15) is 30.6 Å². The maximum atomic E-state index is 13.4. The van der Waals surface area contributed by atoms with Crippen molar-refractivity contribution in [2.75, 3.05) is 6.54 Å². The second-order valence-electron chi connectivity index (χ2n) is 4.66. The summed E-state index contributed by atoms with van der Waals surface area (Å²) in [5.74, 6) is -0.204. The van der Waals surface area contributed by atoms with Gasteiger partial charge in [0.2, 0.25) is 0 Å². The number of hydrogen-bond acceptors (Lipinski definition) is 2. The van der Waals surface area contributed by atoms with E-state index in [4.69, 9.17) is 5.73 Å². The van der Waals surface area contributed by atoms with Gasteiger partial charge in [0.05, 0.1) is 0 Å². The van der Waals surface area contributed by atoms with Crippen molar-refractivity contribution in [2.45, 2.75) is 26.3 Å². The van der Waals surface area contributed by atoms with Crippen LogP contribution < -0.4 is 11.1 Å². The molecule has 0 bridgehead atoms. The van der Waals surface area contributed by atoms with Gasteiger partial charge in [-0.2, -0.15) is 0 Å². The maximum Gasteiger partial charge on any atom is 0.251 e. The summed E-state index contributed by atoms with van der Waals surface area (Å²) >= 11 is 1.89. The van der Waals surface area contributed by atoms with Crippen molar-refractivity contribution in [3.63, 3.8) is 0 Å². The molecule has 0 aromatic heterocycles. The van der Waals surface area contributed by atoms with E-state index in [9.17, 15) is 9.18 Å². The summed E-state index contributed by atoms with van der Waals surface area (Å²) in [6, 6.07) is 4.38. The third kappa shape index (κ3) is 6.05. The summed E-state index contributed by atoms with van der Waals surface area (Å²) in [6.45, 7) is 4.52. The van der Waals surface area contributed by atoms with Gasteiger partial charge in [0.15, 0.2) is 0 Å². The van der Waals surface area contributed by atoms with Gasteiger partial charge in [-0.25, -0.2) is 4.39 Å². The first-order valence-electron chi connectivity index (χ1n) is 5.90. The minimum Gasteiger partial charge on any atom is -0.348 e. The molecule has 1 aromatic carbocycles. The Bertz CT molecular complexity index is 429. The average molecular weight is 401 g/mol. The van der Waals surface area contributed by atoms with Crippen molar-refractivity contribution in [3.05, 3.63) is 33.1 Å². The van der Waals surface area contributed by atoms with Crippen molar-refractivity contribution >= 4 is 40.9 Å². The van der Waals surface area contributed by atoms with Gasteiger partial charge < -0.3 is 11.1 Å². The molecule has 1 aromatic rings. The molecule has 0 spiro atoms. The Hall–Kier alpha value is -0.400. The SMILES string of the molecule is CC(C)CC(CN)NC(=O)c1ccc(I)c(F)c1.Cl. The van der Waals surface area contributed by atoms with Crippen LogP contribution in [0.5, 0.6) is 0 Å². The Morgan fingerprint density at radius 1 is 1.47 bits per heavy atom. The summed E-state index contributed by atoms with van der Waals surface area (Å²) < 4.78 is 13.9. The lowest BCUT2D eigenvalue weighted by atomic mass is 10.0. The fourth-order valence-corrected chi connectivity index (χ4v) is 2.02. The number of amides is 1. The lowest BCUT2D eigenvalue weighted by molar-refractivity contribution is 0.0933. The zero-order valence-electron chi connectivity index (χ0n) is 11.0. The number of halogens is 3. The van der Waals surface area contributed by atoms with Crippen LogP contribution in [0, 0.1) is 15.3 Å². The molecule has 1 unspecified atom stereocenters. The molecule has 19 heavy (non-hydrogen) atoms. The van der Waals surface area contributed by atoms with Gasteiger partial charge in [0, 0.05) is 21.7 Å². The molecule has 0 saturated heterocycles. The van der Waals surface area contributed by atoms with Crippen molar-refractivity contribution in [1.82, 2.24) is 5.32 Å². The number of rotatable bonds is 5. The molecular weight excluding hydrogens is 382 g/mol. The Morgan fingerprint density at radius 3 is 2.58 bits per heavy atom. The van der Waals surface area contributed by atoms with Gasteiger partial charge in [-0.15, -0.1) is 12.4 Å². The van der Waals surface area contributed by atoms with Gasteiger partial charge in [0.1, 0.15) is 5.82 Å². The number of hydrogen-bond donors (Lipinski definition) is 2. The lowest BCUT2D eigenvalue weighted by Crippen LogP contribution is -2.41. The Balaban J connectivity index is 0.00000324.